The molecular formula is C27H27FN6O2. The van der Waals surface area contributed by atoms with Crippen LogP contribution >= 0.6 is 0 Å². The second-order valence-electron chi connectivity index (χ2n) is 8.67. The summed E-state index contributed by atoms with van der Waals surface area (Å²) in [7, 11) is 0. The van der Waals surface area contributed by atoms with Gasteiger partial charge in [0.1, 0.15) is 17.1 Å². The van der Waals surface area contributed by atoms with Gasteiger partial charge in [0.25, 0.3) is 0 Å². The zero-order chi connectivity index (χ0) is 25.1. The van der Waals surface area contributed by atoms with Gasteiger partial charge in [-0.05, 0) is 48.5 Å². The first kappa shape index (κ1) is 23.6. The van der Waals surface area contributed by atoms with Gasteiger partial charge in [0.2, 0.25) is 11.9 Å². The van der Waals surface area contributed by atoms with Crippen molar-refractivity contribution in [1.29, 1.82) is 0 Å². The Balaban J connectivity index is 1.67. The van der Waals surface area contributed by atoms with E-state index in [4.69, 9.17) is 14.7 Å². The lowest BCUT2D eigenvalue weighted by Crippen LogP contribution is -2.65. The molecular weight excluding hydrogens is 459 g/mol. The van der Waals surface area contributed by atoms with Crippen molar-refractivity contribution in [2.45, 2.75) is 26.0 Å². The van der Waals surface area contributed by atoms with Gasteiger partial charge in [0.05, 0.1) is 17.8 Å². The molecule has 8 nitrogen and oxygen atoms in total. The molecule has 4 aromatic rings. The van der Waals surface area contributed by atoms with E-state index < -0.39 is 5.72 Å². The molecule has 3 heterocycles. The Labute approximate surface area is 208 Å². The summed E-state index contributed by atoms with van der Waals surface area (Å²) in [6.07, 6.45) is 0.660. The Morgan fingerprint density at radius 3 is 2.58 bits per heavy atom. The molecule has 1 unspecified atom stereocenters. The Hall–Kier alpha value is -4.11. The number of halogens is 1. The SMILES string of the molecule is CCC1(Oc2ccccc2)CNCCN1c1nc(NC(C)=O)nc2ccc(-c3ccc(F)cc3)nc12. The average molecular weight is 487 g/mol. The van der Waals surface area contributed by atoms with Crippen molar-refractivity contribution in [2.24, 2.45) is 0 Å². The first-order valence-corrected chi connectivity index (χ1v) is 11.9. The molecule has 0 saturated carbocycles. The number of piperazine rings is 1. The van der Waals surface area contributed by atoms with Gasteiger partial charge in [0, 0.05) is 32.0 Å². The van der Waals surface area contributed by atoms with Crippen LogP contribution in [0.5, 0.6) is 5.75 Å². The van der Waals surface area contributed by atoms with Crippen molar-refractivity contribution >= 4 is 28.7 Å². The average Bonchev–Trinajstić information content (AvgIpc) is 2.89. The third-order valence-corrected chi connectivity index (χ3v) is 6.22. The minimum absolute atomic E-state index is 0.199. The van der Waals surface area contributed by atoms with Crippen molar-refractivity contribution in [1.82, 2.24) is 20.3 Å². The minimum atomic E-state index is -0.748. The number of hydrogen-bond donors (Lipinski definition) is 2. The molecule has 2 aromatic heterocycles. The van der Waals surface area contributed by atoms with E-state index in [1.165, 1.54) is 19.1 Å². The van der Waals surface area contributed by atoms with Crippen molar-refractivity contribution in [3.05, 3.63) is 72.5 Å². The fraction of sp³-hybridized carbons (Fsp3) is 0.259. The maximum atomic E-state index is 13.5. The third-order valence-electron chi connectivity index (χ3n) is 6.22. The lowest BCUT2D eigenvalue weighted by atomic mass is 10.0. The number of nitrogens with zero attached hydrogens (tertiary/aromatic N) is 4. The Morgan fingerprint density at radius 1 is 1.08 bits per heavy atom. The van der Waals surface area contributed by atoms with Gasteiger partial charge in [-0.25, -0.2) is 14.4 Å². The molecule has 5 rings (SSSR count). The number of anilines is 2. The van der Waals surface area contributed by atoms with Gasteiger partial charge in [0.15, 0.2) is 11.5 Å². The van der Waals surface area contributed by atoms with Crippen LogP contribution in [0.25, 0.3) is 22.3 Å². The quantitative estimate of drug-likeness (QED) is 0.418. The van der Waals surface area contributed by atoms with Gasteiger partial charge in [-0.1, -0.05) is 25.1 Å². The molecule has 0 bridgehead atoms. The predicted molar refractivity (Wildman–Crippen MR) is 137 cm³/mol. The molecule has 0 aliphatic carbocycles. The molecule has 1 saturated heterocycles. The Kier molecular flexibility index (Phi) is 6.47. The number of benzene rings is 2. The number of para-hydroxylation sites is 1. The smallest absolute Gasteiger partial charge is 0.232 e. The van der Waals surface area contributed by atoms with Crippen LogP contribution in [0.4, 0.5) is 16.2 Å². The number of carbonyl (C=O) groups is 1. The number of amides is 1. The third kappa shape index (κ3) is 4.70. The van der Waals surface area contributed by atoms with Gasteiger partial charge in [-0.15, -0.1) is 0 Å². The van der Waals surface area contributed by atoms with Crippen LogP contribution in [0, 0.1) is 5.82 Å². The minimum Gasteiger partial charge on any atom is -0.467 e. The molecule has 1 atom stereocenters. The van der Waals surface area contributed by atoms with Crippen LogP contribution in [-0.2, 0) is 4.79 Å². The summed E-state index contributed by atoms with van der Waals surface area (Å²) >= 11 is 0. The zero-order valence-corrected chi connectivity index (χ0v) is 20.2. The van der Waals surface area contributed by atoms with Gasteiger partial charge in [-0.2, -0.15) is 4.98 Å². The van der Waals surface area contributed by atoms with E-state index in [1.54, 1.807) is 12.1 Å². The van der Waals surface area contributed by atoms with E-state index in [0.717, 1.165) is 17.9 Å². The van der Waals surface area contributed by atoms with Crippen molar-refractivity contribution < 1.29 is 13.9 Å². The largest absolute Gasteiger partial charge is 0.467 e. The lowest BCUT2D eigenvalue weighted by Gasteiger charge is -2.47. The number of ether oxygens (including phenoxy) is 1. The Bertz CT molecular complexity index is 1380. The number of nitrogens with one attached hydrogen (secondary N) is 2. The van der Waals surface area contributed by atoms with Crippen molar-refractivity contribution in [3.63, 3.8) is 0 Å². The summed E-state index contributed by atoms with van der Waals surface area (Å²) in [5.41, 5.74) is 1.85. The van der Waals surface area contributed by atoms with Crippen LogP contribution in [0.3, 0.4) is 0 Å². The normalized spacial score (nSPS) is 17.7. The van der Waals surface area contributed by atoms with E-state index in [2.05, 4.69) is 27.4 Å². The van der Waals surface area contributed by atoms with Crippen LogP contribution in [-0.4, -0.2) is 46.2 Å². The number of hydrogen-bond acceptors (Lipinski definition) is 7. The highest BCUT2D eigenvalue weighted by molar-refractivity contribution is 5.92. The molecule has 0 spiro atoms. The summed E-state index contributed by atoms with van der Waals surface area (Å²) in [6, 6.07) is 19.5. The molecule has 0 radical (unpaired) electrons. The fourth-order valence-corrected chi connectivity index (χ4v) is 4.44. The second-order valence-corrected chi connectivity index (χ2v) is 8.67. The predicted octanol–water partition coefficient (Wildman–Crippen LogP) is 4.38. The van der Waals surface area contributed by atoms with Crippen LogP contribution in [0.15, 0.2) is 66.7 Å². The van der Waals surface area contributed by atoms with Crippen molar-refractivity contribution in [3.8, 4) is 17.0 Å². The topological polar surface area (TPSA) is 92.3 Å². The van der Waals surface area contributed by atoms with Gasteiger partial charge >= 0.3 is 0 Å². The molecule has 2 aromatic carbocycles. The van der Waals surface area contributed by atoms with E-state index in [-0.39, 0.29) is 17.7 Å². The molecule has 9 heteroatoms. The number of rotatable bonds is 6. The lowest BCUT2D eigenvalue weighted by molar-refractivity contribution is -0.114. The van der Waals surface area contributed by atoms with Gasteiger partial charge in [-0.3, -0.25) is 10.1 Å². The van der Waals surface area contributed by atoms with Crippen LogP contribution < -0.4 is 20.3 Å². The summed E-state index contributed by atoms with van der Waals surface area (Å²) in [5, 5.41) is 6.16. The number of fused-ring (bicyclic) bond motifs is 1. The van der Waals surface area contributed by atoms with Gasteiger partial charge < -0.3 is 15.0 Å². The fourth-order valence-electron chi connectivity index (χ4n) is 4.44. The summed E-state index contributed by atoms with van der Waals surface area (Å²) in [6.45, 7) is 5.38. The molecule has 1 amide bonds. The highest BCUT2D eigenvalue weighted by Crippen LogP contribution is 2.35. The standard InChI is InChI=1S/C27H27FN6O2/c1-3-27(36-21-7-5-4-6-8-21)17-29-15-16-34(27)25-24-23(32-26(33-25)30-18(2)35)14-13-22(31-24)19-9-11-20(28)12-10-19/h4-14,29H,3,15-17H2,1-2H3,(H,30,32,33,35). The zero-order valence-electron chi connectivity index (χ0n) is 20.2. The first-order valence-electron chi connectivity index (χ1n) is 11.9. The molecule has 1 fully saturated rings. The molecule has 184 valence electrons. The van der Waals surface area contributed by atoms with E-state index in [1.807, 2.05) is 42.5 Å². The maximum absolute atomic E-state index is 13.5. The Morgan fingerprint density at radius 2 is 1.86 bits per heavy atom. The van der Waals surface area contributed by atoms with E-state index in [9.17, 15) is 9.18 Å². The van der Waals surface area contributed by atoms with Crippen molar-refractivity contribution in [2.75, 3.05) is 29.9 Å². The maximum Gasteiger partial charge on any atom is 0.232 e. The molecule has 36 heavy (non-hydrogen) atoms. The summed E-state index contributed by atoms with van der Waals surface area (Å²) in [4.78, 5) is 28.1. The number of carbonyl (C=O) groups excluding carboxylic acids is 1. The second kappa shape index (κ2) is 9.87. The first-order chi connectivity index (χ1) is 17.5. The summed E-state index contributed by atoms with van der Waals surface area (Å²) in [5.74, 6) is 0.930. The highest BCUT2D eigenvalue weighted by Gasteiger charge is 2.42. The number of aromatic nitrogens is 3. The molecule has 2 N–H and O–H groups in total. The van der Waals surface area contributed by atoms with E-state index in [0.29, 0.717) is 42.1 Å². The van der Waals surface area contributed by atoms with Crippen LogP contribution in [0.2, 0.25) is 0 Å². The summed E-state index contributed by atoms with van der Waals surface area (Å²) < 4.78 is 20.1. The molecule has 1 aliphatic heterocycles. The van der Waals surface area contributed by atoms with Crippen LogP contribution in [0.1, 0.15) is 20.3 Å². The van der Waals surface area contributed by atoms with E-state index >= 15 is 0 Å². The monoisotopic (exact) mass is 486 g/mol. The molecule has 1 aliphatic rings. The highest BCUT2D eigenvalue weighted by atomic mass is 19.1. The number of pyridine rings is 1.